The molecule has 1 fully saturated rings. The van der Waals surface area contributed by atoms with E-state index in [0.29, 0.717) is 12.2 Å². The fourth-order valence-electron chi connectivity index (χ4n) is 5.00. The molecule has 214 valence electrons. The molecule has 1 aliphatic rings. The van der Waals surface area contributed by atoms with Gasteiger partial charge in [-0.25, -0.2) is 22.0 Å². The number of urea groups is 1. The largest absolute Gasteiger partial charge is 0.322 e. The van der Waals surface area contributed by atoms with Crippen LogP contribution in [0.4, 0.5) is 25.0 Å². The summed E-state index contributed by atoms with van der Waals surface area (Å²) in [7, 11) is -3.32. The topological polar surface area (TPSA) is 81.8 Å². The van der Waals surface area contributed by atoms with Gasteiger partial charge in [-0.05, 0) is 66.3 Å². The first-order valence-electron chi connectivity index (χ1n) is 13.5. The first kappa shape index (κ1) is 29.5. The summed E-state index contributed by atoms with van der Waals surface area (Å²) in [4.78, 5) is 17.3. The number of halogens is 2. The molecule has 0 aliphatic carbocycles. The van der Waals surface area contributed by atoms with Gasteiger partial charge in [0.1, 0.15) is 11.6 Å². The maximum Gasteiger partial charge on any atom is 0.322 e. The minimum absolute atomic E-state index is 0.0217. The van der Waals surface area contributed by atoms with Crippen LogP contribution in [0, 0.1) is 11.6 Å². The number of piperidine rings is 1. The number of nitrogens with zero attached hydrogens (tertiary/aromatic N) is 2. The van der Waals surface area contributed by atoms with Crippen LogP contribution >= 0.6 is 0 Å². The number of benzene rings is 3. The summed E-state index contributed by atoms with van der Waals surface area (Å²) in [5.41, 5.74) is 3.71. The van der Waals surface area contributed by atoms with Crippen molar-refractivity contribution >= 4 is 27.4 Å². The third-order valence-electron chi connectivity index (χ3n) is 7.04. The van der Waals surface area contributed by atoms with E-state index in [1.165, 1.54) is 11.6 Å². The minimum atomic E-state index is -3.32. The van der Waals surface area contributed by atoms with Gasteiger partial charge in [-0.15, -0.1) is 0 Å². The number of hydrogen-bond acceptors (Lipinski definition) is 4. The van der Waals surface area contributed by atoms with Crippen LogP contribution in [0.2, 0.25) is 0 Å². The molecule has 7 nitrogen and oxygen atoms in total. The van der Waals surface area contributed by atoms with E-state index >= 15 is 0 Å². The highest BCUT2D eigenvalue weighted by Crippen LogP contribution is 2.25. The van der Waals surface area contributed by atoms with Crippen LogP contribution < -0.4 is 10.0 Å². The van der Waals surface area contributed by atoms with Gasteiger partial charge >= 0.3 is 6.03 Å². The van der Waals surface area contributed by atoms with E-state index in [4.69, 9.17) is 0 Å². The fourth-order valence-corrected chi connectivity index (χ4v) is 5.56. The standard InChI is InChI=1S/C30H36F2N4O3S/c1-3-4-16-36(30(37)33-29-13-10-25(31)20-28(29)32)27-14-17-35(18-15-27)21-22-6-5-7-24(19-22)23-8-11-26(12-9-23)34-40(2,38)39/h5-13,19-20,27,34H,3-4,14-18,21H2,1-2H3,(H,33,37). The zero-order valence-electron chi connectivity index (χ0n) is 22.9. The van der Waals surface area contributed by atoms with Crippen LogP contribution in [0.1, 0.15) is 38.2 Å². The first-order chi connectivity index (χ1) is 19.1. The Kier molecular flexibility index (Phi) is 9.76. The molecule has 1 aliphatic heterocycles. The molecular formula is C30H36F2N4O3S. The van der Waals surface area contributed by atoms with E-state index in [0.717, 1.165) is 74.8 Å². The molecular weight excluding hydrogens is 534 g/mol. The normalized spacial score (nSPS) is 14.6. The van der Waals surface area contributed by atoms with Gasteiger partial charge in [0, 0.05) is 44.0 Å². The van der Waals surface area contributed by atoms with E-state index in [2.05, 4.69) is 34.0 Å². The number of rotatable bonds is 10. The maximum atomic E-state index is 14.1. The van der Waals surface area contributed by atoms with Gasteiger partial charge < -0.3 is 10.2 Å². The van der Waals surface area contributed by atoms with E-state index in [1.54, 1.807) is 17.0 Å². The Morgan fingerprint density at radius 1 is 1.00 bits per heavy atom. The lowest BCUT2D eigenvalue weighted by Gasteiger charge is -2.38. The van der Waals surface area contributed by atoms with Crippen molar-refractivity contribution in [3.8, 4) is 11.1 Å². The predicted octanol–water partition coefficient (Wildman–Crippen LogP) is 6.30. The molecule has 0 spiro atoms. The zero-order valence-corrected chi connectivity index (χ0v) is 23.7. The van der Waals surface area contributed by atoms with Gasteiger partial charge in [-0.3, -0.25) is 9.62 Å². The summed E-state index contributed by atoms with van der Waals surface area (Å²) in [6.07, 6.45) is 4.51. The molecule has 0 bridgehead atoms. The summed E-state index contributed by atoms with van der Waals surface area (Å²) >= 11 is 0. The SMILES string of the molecule is CCCCN(C(=O)Nc1ccc(F)cc1F)C1CCN(Cc2cccc(-c3ccc(NS(C)(=O)=O)cc3)c2)CC1. The second kappa shape index (κ2) is 13.2. The Balaban J connectivity index is 1.36. The average molecular weight is 571 g/mol. The van der Waals surface area contributed by atoms with Crippen LogP contribution in [-0.2, 0) is 16.6 Å². The van der Waals surface area contributed by atoms with Crippen molar-refractivity contribution in [2.45, 2.75) is 45.2 Å². The predicted molar refractivity (Wildman–Crippen MR) is 156 cm³/mol. The van der Waals surface area contributed by atoms with Crippen molar-refractivity contribution in [2.24, 2.45) is 0 Å². The molecule has 0 atom stereocenters. The number of likely N-dealkylation sites (tertiary alicyclic amines) is 1. The van der Waals surface area contributed by atoms with E-state index in [1.807, 2.05) is 24.3 Å². The number of carbonyl (C=O) groups excluding carboxylic acids is 1. The summed E-state index contributed by atoms with van der Waals surface area (Å²) in [6.45, 7) is 5.06. The number of hydrogen-bond donors (Lipinski definition) is 2. The quantitative estimate of drug-likeness (QED) is 0.300. The summed E-state index contributed by atoms with van der Waals surface area (Å²) in [5.74, 6) is -1.47. The van der Waals surface area contributed by atoms with Gasteiger partial charge in [0.2, 0.25) is 10.0 Å². The van der Waals surface area contributed by atoms with Crippen molar-refractivity contribution < 1.29 is 22.0 Å². The Labute approximate surface area is 235 Å². The summed E-state index contributed by atoms with van der Waals surface area (Å²) in [6, 6.07) is 18.4. The summed E-state index contributed by atoms with van der Waals surface area (Å²) < 4.78 is 52.8. The van der Waals surface area contributed by atoms with Crippen molar-refractivity contribution in [3.05, 3.63) is 83.9 Å². The molecule has 4 rings (SSSR count). The molecule has 0 radical (unpaired) electrons. The van der Waals surface area contributed by atoms with Crippen molar-refractivity contribution in [1.82, 2.24) is 9.80 Å². The highest BCUT2D eigenvalue weighted by atomic mass is 32.2. The Morgan fingerprint density at radius 3 is 2.38 bits per heavy atom. The van der Waals surface area contributed by atoms with E-state index in [-0.39, 0.29) is 17.8 Å². The lowest BCUT2D eigenvalue weighted by atomic mass is 10.00. The van der Waals surface area contributed by atoms with Crippen LogP contribution in [0.15, 0.2) is 66.7 Å². The lowest BCUT2D eigenvalue weighted by Crippen LogP contribution is -2.49. The van der Waals surface area contributed by atoms with E-state index in [9.17, 15) is 22.0 Å². The first-order valence-corrected chi connectivity index (χ1v) is 15.4. The lowest BCUT2D eigenvalue weighted by molar-refractivity contribution is 0.122. The molecule has 40 heavy (non-hydrogen) atoms. The number of carbonyl (C=O) groups is 1. The smallest absolute Gasteiger partial charge is 0.321 e. The van der Waals surface area contributed by atoms with Crippen molar-refractivity contribution in [1.29, 1.82) is 0 Å². The third-order valence-corrected chi connectivity index (χ3v) is 7.65. The highest BCUT2D eigenvalue weighted by molar-refractivity contribution is 7.92. The zero-order chi connectivity index (χ0) is 28.7. The second-order valence-electron chi connectivity index (χ2n) is 10.3. The molecule has 2 N–H and O–H groups in total. The van der Waals surface area contributed by atoms with Gasteiger partial charge in [0.15, 0.2) is 0 Å². The van der Waals surface area contributed by atoms with Gasteiger partial charge in [0.05, 0.1) is 11.9 Å². The number of unbranched alkanes of at least 4 members (excludes halogenated alkanes) is 1. The maximum absolute atomic E-state index is 14.1. The second-order valence-corrected chi connectivity index (χ2v) is 12.0. The van der Waals surface area contributed by atoms with E-state index < -0.39 is 21.7 Å². The number of nitrogens with one attached hydrogen (secondary N) is 2. The van der Waals surface area contributed by atoms with Crippen LogP contribution in [-0.4, -0.2) is 56.2 Å². The minimum Gasteiger partial charge on any atom is -0.321 e. The summed E-state index contributed by atoms with van der Waals surface area (Å²) in [5, 5.41) is 2.63. The molecule has 0 saturated carbocycles. The van der Waals surface area contributed by atoms with Crippen molar-refractivity contribution in [2.75, 3.05) is 35.9 Å². The number of sulfonamides is 1. The van der Waals surface area contributed by atoms with Crippen LogP contribution in [0.5, 0.6) is 0 Å². The van der Waals surface area contributed by atoms with Crippen LogP contribution in [0.25, 0.3) is 11.1 Å². The van der Waals surface area contributed by atoms with Crippen molar-refractivity contribution in [3.63, 3.8) is 0 Å². The molecule has 10 heteroatoms. The Bertz CT molecular complexity index is 1410. The molecule has 3 aromatic rings. The van der Waals surface area contributed by atoms with Crippen LogP contribution in [0.3, 0.4) is 0 Å². The molecule has 1 heterocycles. The van der Waals surface area contributed by atoms with Gasteiger partial charge in [0.25, 0.3) is 0 Å². The number of amides is 2. The molecule has 0 unspecified atom stereocenters. The average Bonchev–Trinajstić information content (AvgIpc) is 2.91. The fraction of sp³-hybridized carbons (Fsp3) is 0.367. The third kappa shape index (κ3) is 8.25. The molecule has 3 aromatic carbocycles. The molecule has 2 amide bonds. The van der Waals surface area contributed by atoms with Gasteiger partial charge in [-0.1, -0.05) is 43.7 Å². The molecule has 1 saturated heterocycles. The van der Waals surface area contributed by atoms with Gasteiger partial charge in [-0.2, -0.15) is 0 Å². The monoisotopic (exact) mass is 570 g/mol. The Hall–Kier alpha value is -3.50. The number of anilines is 2. The molecule has 0 aromatic heterocycles. The highest BCUT2D eigenvalue weighted by Gasteiger charge is 2.28. The Morgan fingerprint density at radius 2 is 1.73 bits per heavy atom.